The number of hydrogen-bond donors (Lipinski definition) is 3. The molecule has 0 bridgehead atoms. The molecule has 0 aliphatic heterocycles. The molecular formula is C17H35ClN4O3. The molecular weight excluding hydrogens is 344 g/mol. The monoisotopic (exact) mass is 378 g/mol. The van der Waals surface area contributed by atoms with Crippen LogP contribution >= 0.6 is 12.4 Å². The highest BCUT2D eigenvalue weighted by Gasteiger charge is 2.09. The number of carbonyl (C=O) groups excluding carboxylic acids is 2. The SMILES string of the molecule is C=C(C)C(=O)NCCCN(C)C.CC(C(=O)N(C)C)=C(N)CCO.Cl. The summed E-state index contributed by atoms with van der Waals surface area (Å²) in [5.74, 6) is -0.158. The first-order chi connectivity index (χ1) is 11.0. The second kappa shape index (κ2) is 15.9. The topological polar surface area (TPSA) is 98.9 Å². The summed E-state index contributed by atoms with van der Waals surface area (Å²) >= 11 is 0. The van der Waals surface area contributed by atoms with Gasteiger partial charge in [-0.05, 0) is 40.9 Å². The van der Waals surface area contributed by atoms with Gasteiger partial charge in [-0.15, -0.1) is 12.4 Å². The number of carbonyl (C=O) groups is 2. The van der Waals surface area contributed by atoms with E-state index < -0.39 is 0 Å². The number of likely N-dealkylation sites (N-methyl/N-ethyl adjacent to an activating group) is 1. The lowest BCUT2D eigenvalue weighted by Crippen LogP contribution is -2.27. The Balaban J connectivity index is -0.000000372. The summed E-state index contributed by atoms with van der Waals surface area (Å²) in [5, 5.41) is 11.3. The Morgan fingerprint density at radius 2 is 1.68 bits per heavy atom. The van der Waals surface area contributed by atoms with Crippen LogP contribution in [0.3, 0.4) is 0 Å². The molecule has 0 aromatic rings. The molecule has 7 nitrogen and oxygen atoms in total. The predicted molar refractivity (Wildman–Crippen MR) is 106 cm³/mol. The molecule has 0 unspecified atom stereocenters. The van der Waals surface area contributed by atoms with Crippen LogP contribution in [0.15, 0.2) is 23.4 Å². The molecule has 0 aliphatic rings. The number of halogens is 1. The molecule has 0 saturated carbocycles. The van der Waals surface area contributed by atoms with Crippen LogP contribution in [-0.4, -0.2) is 74.6 Å². The molecule has 0 fully saturated rings. The molecule has 8 heteroatoms. The smallest absolute Gasteiger partial charge is 0.250 e. The Kier molecular flexibility index (Phi) is 18.0. The fourth-order valence-corrected chi connectivity index (χ4v) is 1.53. The van der Waals surface area contributed by atoms with E-state index in [1.807, 2.05) is 14.1 Å². The van der Waals surface area contributed by atoms with Crippen LogP contribution in [0.25, 0.3) is 0 Å². The van der Waals surface area contributed by atoms with Crippen molar-refractivity contribution in [1.29, 1.82) is 0 Å². The van der Waals surface area contributed by atoms with Crippen molar-refractivity contribution in [2.75, 3.05) is 47.9 Å². The highest BCUT2D eigenvalue weighted by atomic mass is 35.5. The first kappa shape index (κ1) is 28.2. The first-order valence-corrected chi connectivity index (χ1v) is 7.90. The molecule has 0 radical (unpaired) electrons. The minimum absolute atomic E-state index is 0. The lowest BCUT2D eigenvalue weighted by atomic mass is 10.2. The van der Waals surface area contributed by atoms with E-state index in [4.69, 9.17) is 10.8 Å². The normalized spacial score (nSPS) is 10.7. The average molecular weight is 379 g/mol. The van der Waals surface area contributed by atoms with Gasteiger partial charge in [0.15, 0.2) is 0 Å². The summed E-state index contributed by atoms with van der Waals surface area (Å²) < 4.78 is 0. The van der Waals surface area contributed by atoms with Crippen LogP contribution in [-0.2, 0) is 9.59 Å². The van der Waals surface area contributed by atoms with E-state index in [1.165, 1.54) is 4.90 Å². The second-order valence-corrected chi connectivity index (χ2v) is 6.02. The molecule has 0 aliphatic carbocycles. The number of amides is 2. The summed E-state index contributed by atoms with van der Waals surface area (Å²) in [4.78, 5) is 25.8. The van der Waals surface area contributed by atoms with E-state index in [-0.39, 0.29) is 30.8 Å². The third-order valence-corrected chi connectivity index (χ3v) is 3.05. The van der Waals surface area contributed by atoms with E-state index in [2.05, 4.69) is 16.8 Å². The quantitative estimate of drug-likeness (QED) is 0.427. The molecule has 0 aromatic carbocycles. The third kappa shape index (κ3) is 15.7. The fourth-order valence-electron chi connectivity index (χ4n) is 1.53. The van der Waals surface area contributed by atoms with Crippen LogP contribution in [0, 0.1) is 0 Å². The van der Waals surface area contributed by atoms with Crippen molar-refractivity contribution < 1.29 is 14.7 Å². The molecule has 4 N–H and O–H groups in total. The minimum Gasteiger partial charge on any atom is -0.402 e. The van der Waals surface area contributed by atoms with E-state index in [1.54, 1.807) is 27.9 Å². The lowest BCUT2D eigenvalue weighted by molar-refractivity contribution is -0.124. The van der Waals surface area contributed by atoms with Gasteiger partial charge < -0.3 is 26.0 Å². The van der Waals surface area contributed by atoms with E-state index in [0.717, 1.165) is 19.5 Å². The number of nitrogens with zero attached hydrogens (tertiary/aromatic N) is 2. The molecule has 25 heavy (non-hydrogen) atoms. The zero-order valence-corrected chi connectivity index (χ0v) is 17.2. The highest BCUT2D eigenvalue weighted by Crippen LogP contribution is 2.04. The van der Waals surface area contributed by atoms with E-state index in [0.29, 0.717) is 23.3 Å². The van der Waals surface area contributed by atoms with Crippen molar-refractivity contribution in [2.45, 2.75) is 26.7 Å². The van der Waals surface area contributed by atoms with Gasteiger partial charge in [0.25, 0.3) is 5.91 Å². The van der Waals surface area contributed by atoms with Gasteiger partial charge in [-0.25, -0.2) is 0 Å². The van der Waals surface area contributed by atoms with Crippen molar-refractivity contribution in [3.05, 3.63) is 23.4 Å². The van der Waals surface area contributed by atoms with Crippen molar-refractivity contribution >= 4 is 24.2 Å². The Labute approximate surface area is 158 Å². The molecule has 0 atom stereocenters. The van der Waals surface area contributed by atoms with E-state index >= 15 is 0 Å². The van der Waals surface area contributed by atoms with Gasteiger partial charge in [0.2, 0.25) is 5.91 Å². The van der Waals surface area contributed by atoms with Gasteiger partial charge in [-0.2, -0.15) is 0 Å². The number of nitrogens with one attached hydrogen (secondary N) is 1. The predicted octanol–water partition coefficient (Wildman–Crippen LogP) is 0.742. The number of aliphatic hydroxyl groups is 1. The van der Waals surface area contributed by atoms with Crippen molar-refractivity contribution in [2.24, 2.45) is 5.73 Å². The molecule has 0 aromatic heterocycles. The maximum Gasteiger partial charge on any atom is 0.250 e. The molecule has 2 amide bonds. The number of rotatable bonds is 8. The van der Waals surface area contributed by atoms with Crippen molar-refractivity contribution in [3.8, 4) is 0 Å². The zero-order chi connectivity index (χ0) is 19.3. The zero-order valence-electron chi connectivity index (χ0n) is 16.4. The van der Waals surface area contributed by atoms with Crippen LogP contribution < -0.4 is 11.1 Å². The summed E-state index contributed by atoms with van der Waals surface area (Å²) in [6.07, 6.45) is 1.33. The number of hydrogen-bond acceptors (Lipinski definition) is 5. The van der Waals surface area contributed by atoms with Crippen molar-refractivity contribution in [3.63, 3.8) is 0 Å². The Morgan fingerprint density at radius 3 is 2.04 bits per heavy atom. The van der Waals surface area contributed by atoms with E-state index in [9.17, 15) is 9.59 Å². The van der Waals surface area contributed by atoms with Gasteiger partial charge >= 0.3 is 0 Å². The molecule has 0 saturated heterocycles. The Bertz CT molecular complexity index is 449. The third-order valence-electron chi connectivity index (χ3n) is 3.05. The average Bonchev–Trinajstić information content (AvgIpc) is 2.50. The maximum absolute atomic E-state index is 11.3. The molecule has 0 heterocycles. The van der Waals surface area contributed by atoms with Crippen molar-refractivity contribution in [1.82, 2.24) is 15.1 Å². The van der Waals surface area contributed by atoms with Crippen LogP contribution in [0.5, 0.6) is 0 Å². The summed E-state index contributed by atoms with van der Waals surface area (Å²) in [5.41, 5.74) is 7.07. The number of nitrogens with two attached hydrogens (primary N) is 1. The van der Waals surface area contributed by atoms with Crippen LogP contribution in [0.4, 0.5) is 0 Å². The Morgan fingerprint density at radius 1 is 1.16 bits per heavy atom. The molecule has 148 valence electrons. The van der Waals surface area contributed by atoms with Gasteiger partial charge in [-0.1, -0.05) is 6.58 Å². The van der Waals surface area contributed by atoms with Gasteiger partial charge in [-0.3, -0.25) is 9.59 Å². The molecule has 0 spiro atoms. The number of aliphatic hydroxyl groups excluding tert-OH is 1. The van der Waals surface area contributed by atoms with Gasteiger partial charge in [0.05, 0.1) is 0 Å². The van der Waals surface area contributed by atoms with Crippen LogP contribution in [0.1, 0.15) is 26.7 Å². The minimum atomic E-state index is -0.110. The summed E-state index contributed by atoms with van der Waals surface area (Å²) in [6, 6.07) is 0. The molecule has 0 rings (SSSR count). The Hall–Kier alpha value is -1.57. The first-order valence-electron chi connectivity index (χ1n) is 7.90. The summed E-state index contributed by atoms with van der Waals surface area (Å²) in [6.45, 7) is 8.61. The van der Waals surface area contributed by atoms with Gasteiger partial charge in [0.1, 0.15) is 0 Å². The fraction of sp³-hybridized carbons (Fsp3) is 0.647. The largest absolute Gasteiger partial charge is 0.402 e. The standard InChI is InChI=1S/C9H18N2O.C8H16N2O2.ClH/c1-8(2)9(12)10-6-5-7-11(3)4;1-6(7(9)4-5-11)8(12)10(2)3;/h1,5-7H2,2-4H3,(H,10,12);11H,4-5,9H2,1-3H3;1H. The van der Waals surface area contributed by atoms with Gasteiger partial charge in [0, 0.05) is 50.5 Å². The maximum atomic E-state index is 11.3. The van der Waals surface area contributed by atoms with Crippen LogP contribution in [0.2, 0.25) is 0 Å². The second-order valence-electron chi connectivity index (χ2n) is 6.02. The summed E-state index contributed by atoms with van der Waals surface area (Å²) in [7, 11) is 7.36. The highest BCUT2D eigenvalue weighted by molar-refractivity contribution is 5.93. The lowest BCUT2D eigenvalue weighted by Gasteiger charge is -2.12.